The minimum atomic E-state index is 0.416. The van der Waals surface area contributed by atoms with Crippen LogP contribution in [0, 0.1) is 10.8 Å². The summed E-state index contributed by atoms with van der Waals surface area (Å²) >= 11 is 3.73. The average Bonchev–Trinajstić information content (AvgIpc) is 2.76. The van der Waals surface area contributed by atoms with E-state index in [2.05, 4.69) is 29.8 Å². The van der Waals surface area contributed by atoms with Gasteiger partial charge < -0.3 is 4.74 Å². The first-order chi connectivity index (χ1) is 7.10. The molecule has 2 atom stereocenters. The molecule has 0 N–H and O–H groups in total. The molecule has 0 spiro atoms. The highest BCUT2D eigenvalue weighted by Crippen LogP contribution is 2.51. The first-order valence-electron chi connectivity index (χ1n) is 6.28. The Morgan fingerprint density at radius 1 is 1.27 bits per heavy atom. The third kappa shape index (κ3) is 2.26. The Kier molecular flexibility index (Phi) is 3.47. The Bertz CT molecular complexity index is 223. The van der Waals surface area contributed by atoms with Gasteiger partial charge in [-0.3, -0.25) is 0 Å². The van der Waals surface area contributed by atoms with E-state index in [-0.39, 0.29) is 0 Å². The van der Waals surface area contributed by atoms with Crippen LogP contribution >= 0.6 is 15.9 Å². The molecule has 2 rings (SSSR count). The Labute approximate surface area is 102 Å². The van der Waals surface area contributed by atoms with Crippen molar-refractivity contribution in [3.63, 3.8) is 0 Å². The Hall–Kier alpha value is 0.440. The summed E-state index contributed by atoms with van der Waals surface area (Å²) in [5.41, 5.74) is 1.01. The molecule has 2 unspecified atom stereocenters. The maximum absolute atomic E-state index is 5.78. The third-order valence-electron chi connectivity index (χ3n) is 4.69. The summed E-state index contributed by atoms with van der Waals surface area (Å²) in [5, 5.41) is 1.11. The molecule has 1 nitrogen and oxygen atoms in total. The van der Waals surface area contributed by atoms with Crippen molar-refractivity contribution >= 4 is 15.9 Å². The predicted molar refractivity (Wildman–Crippen MR) is 67.5 cm³/mol. The monoisotopic (exact) mass is 274 g/mol. The number of ether oxygens (including phenoxy) is 1. The van der Waals surface area contributed by atoms with Crippen LogP contribution in [-0.4, -0.2) is 18.0 Å². The predicted octanol–water partition coefficient (Wildman–Crippen LogP) is 4.15. The molecule has 0 amide bonds. The van der Waals surface area contributed by atoms with Gasteiger partial charge in [0.2, 0.25) is 0 Å². The second-order valence-corrected chi connectivity index (χ2v) is 6.51. The zero-order valence-corrected chi connectivity index (χ0v) is 11.6. The van der Waals surface area contributed by atoms with Gasteiger partial charge in [0.05, 0.1) is 6.10 Å². The van der Waals surface area contributed by atoms with Gasteiger partial charge in [0.1, 0.15) is 0 Å². The largest absolute Gasteiger partial charge is 0.378 e. The summed E-state index contributed by atoms with van der Waals surface area (Å²) in [5.74, 6) is 0. The molecule has 1 saturated carbocycles. The van der Waals surface area contributed by atoms with E-state index in [1.54, 1.807) is 0 Å². The standard InChI is InChI=1S/C13H23BrO/c1-11-13(10-14,7-8-15-11)9-12(2)5-3-4-6-12/h11H,3-10H2,1-2H3. The van der Waals surface area contributed by atoms with Crippen LogP contribution in [0.15, 0.2) is 0 Å². The topological polar surface area (TPSA) is 9.23 Å². The second kappa shape index (κ2) is 4.37. The Morgan fingerprint density at radius 3 is 2.40 bits per heavy atom. The zero-order valence-electron chi connectivity index (χ0n) is 10.0. The van der Waals surface area contributed by atoms with Gasteiger partial charge in [0.25, 0.3) is 0 Å². The van der Waals surface area contributed by atoms with E-state index in [1.165, 1.54) is 38.5 Å². The Balaban J connectivity index is 2.07. The van der Waals surface area contributed by atoms with Gasteiger partial charge in [-0.1, -0.05) is 35.7 Å². The number of hydrogen-bond acceptors (Lipinski definition) is 1. The van der Waals surface area contributed by atoms with Crippen LogP contribution in [0.25, 0.3) is 0 Å². The quantitative estimate of drug-likeness (QED) is 0.703. The minimum absolute atomic E-state index is 0.416. The van der Waals surface area contributed by atoms with Gasteiger partial charge in [-0.15, -0.1) is 0 Å². The van der Waals surface area contributed by atoms with E-state index < -0.39 is 0 Å². The minimum Gasteiger partial charge on any atom is -0.378 e. The van der Waals surface area contributed by atoms with Crippen LogP contribution in [0.3, 0.4) is 0 Å². The number of hydrogen-bond donors (Lipinski definition) is 0. The molecule has 1 aliphatic heterocycles. The normalized spacial score (nSPS) is 39.8. The molecular weight excluding hydrogens is 252 g/mol. The molecule has 2 heteroatoms. The van der Waals surface area contributed by atoms with Crippen LogP contribution in [0.1, 0.15) is 52.4 Å². The number of halogens is 1. The van der Waals surface area contributed by atoms with Crippen LogP contribution in [0.5, 0.6) is 0 Å². The van der Waals surface area contributed by atoms with E-state index in [0.717, 1.165) is 11.9 Å². The highest BCUT2D eigenvalue weighted by Gasteiger charge is 2.46. The SMILES string of the molecule is CC1OCCC1(CBr)CC1(C)CCCC1. The van der Waals surface area contributed by atoms with Crippen molar-refractivity contribution in [3.05, 3.63) is 0 Å². The molecule has 1 heterocycles. The van der Waals surface area contributed by atoms with Crippen molar-refractivity contribution in [1.29, 1.82) is 0 Å². The summed E-state index contributed by atoms with van der Waals surface area (Å²) in [6.45, 7) is 5.70. The maximum Gasteiger partial charge on any atom is 0.0612 e. The fourth-order valence-corrected chi connectivity index (χ4v) is 4.46. The first-order valence-corrected chi connectivity index (χ1v) is 7.40. The molecule has 88 valence electrons. The van der Waals surface area contributed by atoms with E-state index in [4.69, 9.17) is 4.74 Å². The third-order valence-corrected chi connectivity index (χ3v) is 5.80. The number of alkyl halides is 1. The lowest BCUT2D eigenvalue weighted by Gasteiger charge is -2.38. The molecule has 0 aromatic rings. The second-order valence-electron chi connectivity index (χ2n) is 5.95. The molecular formula is C13H23BrO. The van der Waals surface area contributed by atoms with Crippen molar-refractivity contribution < 1.29 is 4.74 Å². The summed E-state index contributed by atoms with van der Waals surface area (Å²) < 4.78 is 5.78. The summed E-state index contributed by atoms with van der Waals surface area (Å²) in [6.07, 6.45) is 8.76. The molecule has 2 aliphatic rings. The molecule has 0 aromatic heterocycles. The summed E-state index contributed by atoms with van der Waals surface area (Å²) in [7, 11) is 0. The maximum atomic E-state index is 5.78. The first kappa shape index (κ1) is 11.9. The van der Waals surface area contributed by atoms with Crippen molar-refractivity contribution in [2.75, 3.05) is 11.9 Å². The molecule has 0 aromatic carbocycles. The van der Waals surface area contributed by atoms with Crippen LogP contribution < -0.4 is 0 Å². The zero-order chi connectivity index (χ0) is 10.9. The van der Waals surface area contributed by atoms with Gasteiger partial charge in [-0.25, -0.2) is 0 Å². The Morgan fingerprint density at radius 2 is 1.93 bits per heavy atom. The highest BCUT2D eigenvalue weighted by atomic mass is 79.9. The van der Waals surface area contributed by atoms with Gasteiger partial charge in [0.15, 0.2) is 0 Å². The molecule has 0 radical (unpaired) electrons. The lowest BCUT2D eigenvalue weighted by Crippen LogP contribution is -2.35. The fourth-order valence-electron chi connectivity index (χ4n) is 3.53. The summed E-state index contributed by atoms with van der Waals surface area (Å²) in [4.78, 5) is 0. The van der Waals surface area contributed by atoms with Gasteiger partial charge in [-0.2, -0.15) is 0 Å². The molecule has 15 heavy (non-hydrogen) atoms. The lowest BCUT2D eigenvalue weighted by atomic mass is 9.69. The number of rotatable bonds is 3. The smallest absolute Gasteiger partial charge is 0.0612 e. The highest BCUT2D eigenvalue weighted by molar-refractivity contribution is 9.09. The van der Waals surface area contributed by atoms with Gasteiger partial charge >= 0.3 is 0 Å². The summed E-state index contributed by atoms with van der Waals surface area (Å²) in [6, 6.07) is 0. The van der Waals surface area contributed by atoms with Crippen molar-refractivity contribution in [2.24, 2.45) is 10.8 Å². The van der Waals surface area contributed by atoms with Crippen molar-refractivity contribution in [2.45, 2.75) is 58.5 Å². The average molecular weight is 275 g/mol. The lowest BCUT2D eigenvalue weighted by molar-refractivity contribution is 0.0479. The van der Waals surface area contributed by atoms with Gasteiger partial charge in [-0.05, 0) is 38.0 Å². The van der Waals surface area contributed by atoms with Crippen molar-refractivity contribution in [3.8, 4) is 0 Å². The van der Waals surface area contributed by atoms with E-state index in [9.17, 15) is 0 Å². The van der Waals surface area contributed by atoms with Gasteiger partial charge in [0, 0.05) is 17.4 Å². The molecule has 1 aliphatic carbocycles. The fraction of sp³-hybridized carbons (Fsp3) is 1.00. The molecule has 0 bridgehead atoms. The van der Waals surface area contributed by atoms with Crippen LogP contribution in [0.4, 0.5) is 0 Å². The molecule has 1 saturated heterocycles. The van der Waals surface area contributed by atoms with E-state index >= 15 is 0 Å². The van der Waals surface area contributed by atoms with Crippen molar-refractivity contribution in [1.82, 2.24) is 0 Å². The molecule has 2 fully saturated rings. The van der Waals surface area contributed by atoms with Crippen LogP contribution in [-0.2, 0) is 4.74 Å². The van der Waals surface area contributed by atoms with Crippen LogP contribution in [0.2, 0.25) is 0 Å². The van der Waals surface area contributed by atoms with E-state index in [1.807, 2.05) is 0 Å². The van der Waals surface area contributed by atoms with E-state index in [0.29, 0.717) is 16.9 Å².